The van der Waals surface area contributed by atoms with E-state index in [0.29, 0.717) is 6.42 Å². The third-order valence-electron chi connectivity index (χ3n) is 11.3. The van der Waals surface area contributed by atoms with Crippen molar-refractivity contribution in [1.82, 2.24) is 15.0 Å². The molecule has 0 unspecified atom stereocenters. The highest BCUT2D eigenvalue weighted by molar-refractivity contribution is 7.99. The van der Waals surface area contributed by atoms with Crippen LogP contribution in [-0.4, -0.2) is 119 Å². The van der Waals surface area contributed by atoms with Gasteiger partial charge in [0.1, 0.15) is 49.3 Å². The molecule has 16 heteroatoms. The third kappa shape index (κ3) is 22.7. The van der Waals surface area contributed by atoms with E-state index < -0.39 is 54.6 Å². The highest BCUT2D eigenvalue weighted by Crippen LogP contribution is 2.30. The Bertz CT molecular complexity index is 1260. The lowest BCUT2D eigenvalue weighted by atomic mass is 9.83. The monoisotopic (exact) mass is 872 g/mol. The van der Waals surface area contributed by atoms with Crippen molar-refractivity contribution in [1.29, 1.82) is 0 Å². The summed E-state index contributed by atoms with van der Waals surface area (Å²) in [6.07, 6.45) is 21.1. The fourth-order valence-electron chi connectivity index (χ4n) is 7.47. The molecule has 1 aromatic heterocycles. The lowest BCUT2D eigenvalue weighted by Crippen LogP contribution is -2.61. The lowest BCUT2D eigenvalue weighted by molar-refractivity contribution is -0.200. The van der Waals surface area contributed by atoms with Crippen molar-refractivity contribution in [2.24, 2.45) is 5.73 Å². The highest BCUT2D eigenvalue weighted by atomic mass is 32.2. The van der Waals surface area contributed by atoms with Crippen molar-refractivity contribution in [3.63, 3.8) is 0 Å². The molecule has 15 nitrogen and oxygen atoms in total. The summed E-state index contributed by atoms with van der Waals surface area (Å²) >= 11 is 1.27. The summed E-state index contributed by atoms with van der Waals surface area (Å²) in [4.78, 5) is 38.4. The zero-order chi connectivity index (χ0) is 44.0. The number of ether oxygens (including phenoxy) is 2. The number of hydrogen-bond acceptors (Lipinski definition) is 14. The molecule has 60 heavy (non-hydrogen) atoms. The van der Waals surface area contributed by atoms with E-state index in [9.17, 15) is 39.9 Å². The second-order valence-electron chi connectivity index (χ2n) is 16.7. The molecule has 1 aliphatic carbocycles. The van der Waals surface area contributed by atoms with Crippen LogP contribution in [0.1, 0.15) is 187 Å². The Kier molecular flexibility index (Phi) is 29.8. The topological polar surface area (TPSA) is 240 Å². The second kappa shape index (κ2) is 33.2. The molecular weight excluding hydrogens is 791 g/mol. The molecule has 348 valence electrons. The zero-order valence-corrected chi connectivity index (χ0v) is 37.6. The molecule has 1 aromatic rings. The highest BCUT2D eigenvalue weighted by Gasteiger charge is 2.49. The van der Waals surface area contributed by atoms with Crippen LogP contribution in [0.25, 0.3) is 0 Å². The number of rotatable bonds is 36. The maximum absolute atomic E-state index is 12.9. The van der Waals surface area contributed by atoms with E-state index in [1.807, 2.05) is 0 Å². The van der Waals surface area contributed by atoms with Crippen molar-refractivity contribution in [3.8, 4) is 0 Å². The maximum atomic E-state index is 12.9. The summed E-state index contributed by atoms with van der Waals surface area (Å²) in [7, 11) is 0. The maximum Gasteiger partial charge on any atom is 0.306 e. The number of esters is 2. The third-order valence-corrected chi connectivity index (χ3v) is 12.5. The average molecular weight is 872 g/mol. The van der Waals surface area contributed by atoms with Gasteiger partial charge in [-0.3, -0.25) is 14.4 Å². The first kappa shape index (κ1) is 53.8. The number of unbranched alkanes of at least 4 members (excludes halogenated alkanes) is 22. The van der Waals surface area contributed by atoms with E-state index in [-0.39, 0.29) is 42.3 Å². The molecule has 1 amide bonds. The predicted molar refractivity (Wildman–Crippen MR) is 235 cm³/mol. The van der Waals surface area contributed by atoms with E-state index in [1.165, 1.54) is 127 Å². The number of hydrogen-bond donors (Lipinski definition) is 7. The van der Waals surface area contributed by atoms with Gasteiger partial charge in [0.2, 0.25) is 5.91 Å². The number of anilines is 1. The van der Waals surface area contributed by atoms with Crippen LogP contribution in [0.4, 0.5) is 5.82 Å². The summed E-state index contributed by atoms with van der Waals surface area (Å²) in [5, 5.41) is 60.9. The summed E-state index contributed by atoms with van der Waals surface area (Å²) < 4.78 is 12.3. The van der Waals surface area contributed by atoms with Gasteiger partial charge < -0.3 is 46.1 Å². The van der Waals surface area contributed by atoms with Gasteiger partial charge in [0.25, 0.3) is 0 Å². The summed E-state index contributed by atoms with van der Waals surface area (Å²) in [5.41, 5.74) is 6.16. The lowest BCUT2D eigenvalue weighted by Gasteiger charge is -2.41. The number of nitrogens with two attached hydrogens (primary N) is 1. The molecule has 0 radical (unpaired) electrons. The van der Waals surface area contributed by atoms with Gasteiger partial charge in [-0.1, -0.05) is 160 Å². The molecule has 1 heterocycles. The minimum atomic E-state index is -1.76. The first-order chi connectivity index (χ1) is 29.0. The van der Waals surface area contributed by atoms with E-state index in [2.05, 4.69) is 29.5 Å². The molecule has 0 bridgehead atoms. The van der Waals surface area contributed by atoms with E-state index in [4.69, 9.17) is 15.2 Å². The Hall–Kier alpha value is -2.34. The quantitative estimate of drug-likeness (QED) is 0.0291. The second-order valence-corrected chi connectivity index (χ2v) is 17.8. The number of thioether (sulfide) groups is 1. The number of aromatic nitrogens is 3. The molecular formula is C44H81N5O10S. The van der Waals surface area contributed by atoms with Gasteiger partial charge in [-0.2, -0.15) is 11.8 Å². The zero-order valence-electron chi connectivity index (χ0n) is 36.8. The minimum Gasteiger partial charge on any atom is -0.462 e. The van der Waals surface area contributed by atoms with Gasteiger partial charge in [0, 0.05) is 24.3 Å². The number of carbonyl (C=O) groups is 3. The Balaban J connectivity index is 1.77. The van der Waals surface area contributed by atoms with Crippen LogP contribution in [0, 0.1) is 0 Å². The standard InChI is InChI=1S/C44H81N5O10S/c1-3-5-7-9-11-13-15-17-19-21-23-25-27-36(50)58-30-33(59-37(51)28-26-24-22-20-18-16-14-12-10-8-6-4-2)31-60-32-34(45)44(57)46-35-29-49(48-47-35)38-39(52)41(54)43(56)42(55)40(38)53/h29,33-34,38-43,52-56H,3-28,30-32,45H2,1-2H3,(H,46,57)/t33-,34-,38-,39+,40+,41+,42-,43-/m1/s1. The molecule has 0 aliphatic heterocycles. The molecule has 2 rings (SSSR count). The van der Waals surface area contributed by atoms with Crippen LogP contribution in [-0.2, 0) is 23.9 Å². The van der Waals surface area contributed by atoms with Crippen molar-refractivity contribution < 1.29 is 49.4 Å². The van der Waals surface area contributed by atoms with Crippen LogP contribution in [0.5, 0.6) is 0 Å². The van der Waals surface area contributed by atoms with Crippen LogP contribution in [0.15, 0.2) is 6.20 Å². The van der Waals surface area contributed by atoms with Crippen molar-refractivity contribution in [2.45, 2.75) is 229 Å². The largest absolute Gasteiger partial charge is 0.462 e. The SMILES string of the molecule is CCCCCCCCCCCCCCC(=O)OC[C@H](CSC[C@@H](N)C(=O)Nc1cn([C@@H]2[C@H](O)[C@H](O)[C@@H](O)[C@H](O)[C@H]2O)nn1)OC(=O)CCCCCCCCCCCCCC. The number of nitrogens with zero attached hydrogens (tertiary/aromatic N) is 3. The fraction of sp³-hybridized carbons (Fsp3) is 0.886. The molecule has 1 fully saturated rings. The molecule has 8 atom stereocenters. The number of aliphatic hydroxyl groups excluding tert-OH is 5. The van der Waals surface area contributed by atoms with Crippen molar-refractivity contribution in [3.05, 3.63) is 6.20 Å². The fourth-order valence-corrected chi connectivity index (χ4v) is 8.43. The number of nitrogens with one attached hydrogen (secondary N) is 1. The Morgan fingerprint density at radius 1 is 0.650 bits per heavy atom. The van der Waals surface area contributed by atoms with Gasteiger partial charge in [0.05, 0.1) is 12.2 Å². The first-order valence-electron chi connectivity index (χ1n) is 23.3. The number of aliphatic hydroxyl groups is 5. The Morgan fingerprint density at radius 3 is 1.53 bits per heavy atom. The van der Waals surface area contributed by atoms with Crippen LogP contribution < -0.4 is 11.1 Å². The van der Waals surface area contributed by atoms with Gasteiger partial charge in [-0.25, -0.2) is 4.68 Å². The molecule has 8 N–H and O–H groups in total. The van der Waals surface area contributed by atoms with Crippen molar-refractivity contribution in [2.75, 3.05) is 23.4 Å². The van der Waals surface area contributed by atoms with Gasteiger partial charge in [0.15, 0.2) is 5.82 Å². The predicted octanol–water partition coefficient (Wildman–Crippen LogP) is 6.27. The molecule has 0 spiro atoms. The summed E-state index contributed by atoms with van der Waals surface area (Å²) in [6.45, 7) is 4.38. The molecule has 0 aromatic carbocycles. The van der Waals surface area contributed by atoms with Crippen LogP contribution in [0.2, 0.25) is 0 Å². The first-order valence-corrected chi connectivity index (χ1v) is 24.5. The number of carbonyl (C=O) groups excluding carboxylic acids is 3. The van der Waals surface area contributed by atoms with E-state index >= 15 is 0 Å². The van der Waals surface area contributed by atoms with Gasteiger partial charge in [-0.15, -0.1) is 5.10 Å². The molecule has 1 aliphatic rings. The minimum absolute atomic E-state index is 0.0559. The summed E-state index contributed by atoms with van der Waals surface area (Å²) in [6, 6.07) is -2.37. The van der Waals surface area contributed by atoms with Crippen LogP contribution in [0.3, 0.4) is 0 Å². The summed E-state index contributed by atoms with van der Waals surface area (Å²) in [5.74, 6) is -0.954. The van der Waals surface area contributed by atoms with Crippen molar-refractivity contribution >= 4 is 35.4 Å². The normalized spacial score (nSPS) is 21.4. The molecule has 1 saturated carbocycles. The smallest absolute Gasteiger partial charge is 0.306 e. The average Bonchev–Trinajstić information content (AvgIpc) is 3.69. The van der Waals surface area contributed by atoms with Gasteiger partial charge in [-0.05, 0) is 12.8 Å². The Labute approximate surface area is 363 Å². The van der Waals surface area contributed by atoms with Gasteiger partial charge >= 0.3 is 11.9 Å². The molecule has 0 saturated heterocycles. The Morgan fingerprint density at radius 2 is 1.07 bits per heavy atom. The van der Waals surface area contributed by atoms with E-state index in [0.717, 1.165) is 49.6 Å². The van der Waals surface area contributed by atoms with E-state index in [1.54, 1.807) is 0 Å². The number of amides is 1. The van der Waals surface area contributed by atoms with Crippen LogP contribution >= 0.6 is 11.8 Å².